The number of anilines is 1. The predicted octanol–water partition coefficient (Wildman–Crippen LogP) is 3.68. The zero-order chi connectivity index (χ0) is 21.2. The van der Waals surface area contributed by atoms with Crippen molar-refractivity contribution in [2.24, 2.45) is 0 Å². The molecular formula is C21H27N3O4S. The fourth-order valence-corrected chi connectivity index (χ4v) is 4.17. The van der Waals surface area contributed by atoms with E-state index in [1.807, 2.05) is 37.3 Å². The highest BCUT2D eigenvalue weighted by Gasteiger charge is 2.41. The Morgan fingerprint density at radius 1 is 1.31 bits per heavy atom. The zero-order valence-electron chi connectivity index (χ0n) is 17.1. The maximum atomic E-state index is 12.9. The molecule has 0 radical (unpaired) electrons. The Hall–Kier alpha value is -2.45. The van der Waals surface area contributed by atoms with Crippen LogP contribution in [-0.4, -0.2) is 51.3 Å². The summed E-state index contributed by atoms with van der Waals surface area (Å²) in [6, 6.07) is 9.01. The van der Waals surface area contributed by atoms with Crippen molar-refractivity contribution < 1.29 is 19.4 Å². The van der Waals surface area contributed by atoms with Gasteiger partial charge in [-0.2, -0.15) is 0 Å². The van der Waals surface area contributed by atoms with E-state index >= 15 is 0 Å². The molecule has 0 saturated carbocycles. The van der Waals surface area contributed by atoms with Crippen LogP contribution in [0.15, 0.2) is 30.3 Å². The molecule has 2 atom stereocenters. The van der Waals surface area contributed by atoms with Gasteiger partial charge in [-0.25, -0.2) is 9.78 Å². The van der Waals surface area contributed by atoms with Crippen LogP contribution in [0, 0.1) is 0 Å². The Morgan fingerprint density at radius 2 is 2.00 bits per heavy atom. The van der Waals surface area contributed by atoms with Gasteiger partial charge in [-0.05, 0) is 27.2 Å². The summed E-state index contributed by atoms with van der Waals surface area (Å²) in [4.78, 5) is 32.3. The number of thiazole rings is 1. The Kier molecular flexibility index (Phi) is 6.24. The van der Waals surface area contributed by atoms with E-state index in [2.05, 4.69) is 10.3 Å². The summed E-state index contributed by atoms with van der Waals surface area (Å²) in [6.07, 6.45) is -0.403. The number of amides is 2. The summed E-state index contributed by atoms with van der Waals surface area (Å²) in [5, 5.41) is 13.3. The standard InChI is InChI=1S/C21H27N3O4S/c1-5-16-17(13-9-7-6-8-10-13)22-19(29-16)23-18(26)15-11-14(25)12-24(15)20(27)28-21(2,3)4/h6-10,14-15,25H,5,11-12H2,1-4H3,(H,22,23,26)/t14-,15+/m1/s1. The molecule has 0 unspecified atom stereocenters. The summed E-state index contributed by atoms with van der Waals surface area (Å²) in [7, 11) is 0. The minimum absolute atomic E-state index is 0.0698. The molecule has 2 amide bonds. The number of hydrogen-bond donors (Lipinski definition) is 2. The van der Waals surface area contributed by atoms with Crippen molar-refractivity contribution in [3.63, 3.8) is 0 Å². The van der Waals surface area contributed by atoms with E-state index in [1.165, 1.54) is 16.2 Å². The third-order valence-corrected chi connectivity index (χ3v) is 5.62. The van der Waals surface area contributed by atoms with Crippen molar-refractivity contribution in [2.75, 3.05) is 11.9 Å². The van der Waals surface area contributed by atoms with Crippen molar-refractivity contribution in [3.05, 3.63) is 35.2 Å². The molecule has 2 N–H and O–H groups in total. The van der Waals surface area contributed by atoms with Crippen LogP contribution < -0.4 is 5.32 Å². The first-order valence-corrected chi connectivity index (χ1v) is 10.5. The second-order valence-electron chi connectivity index (χ2n) is 8.04. The number of ether oxygens (including phenoxy) is 1. The van der Waals surface area contributed by atoms with Crippen LogP contribution >= 0.6 is 11.3 Å². The van der Waals surface area contributed by atoms with Gasteiger partial charge in [0.1, 0.15) is 11.6 Å². The van der Waals surface area contributed by atoms with Crippen molar-refractivity contribution in [3.8, 4) is 11.3 Å². The number of benzene rings is 1. The van der Waals surface area contributed by atoms with Crippen molar-refractivity contribution >= 4 is 28.5 Å². The molecule has 1 aromatic carbocycles. The van der Waals surface area contributed by atoms with Crippen LogP contribution in [0.4, 0.5) is 9.93 Å². The third-order valence-electron chi connectivity index (χ3n) is 4.51. The second kappa shape index (κ2) is 8.51. The lowest BCUT2D eigenvalue weighted by Crippen LogP contribution is -2.45. The molecule has 156 valence electrons. The molecule has 1 aliphatic rings. The van der Waals surface area contributed by atoms with Gasteiger partial charge in [-0.1, -0.05) is 37.3 Å². The summed E-state index contributed by atoms with van der Waals surface area (Å²) < 4.78 is 5.38. The number of rotatable bonds is 4. The van der Waals surface area contributed by atoms with E-state index in [-0.39, 0.29) is 18.9 Å². The van der Waals surface area contributed by atoms with Gasteiger partial charge in [0.15, 0.2) is 5.13 Å². The topological polar surface area (TPSA) is 91.8 Å². The van der Waals surface area contributed by atoms with Crippen molar-refractivity contribution in [1.82, 2.24) is 9.88 Å². The van der Waals surface area contributed by atoms with Gasteiger partial charge >= 0.3 is 6.09 Å². The fourth-order valence-electron chi connectivity index (χ4n) is 3.24. The van der Waals surface area contributed by atoms with Crippen molar-refractivity contribution in [1.29, 1.82) is 0 Å². The molecule has 0 bridgehead atoms. The normalized spacial score (nSPS) is 19.3. The van der Waals surface area contributed by atoms with E-state index in [9.17, 15) is 14.7 Å². The maximum absolute atomic E-state index is 12.9. The summed E-state index contributed by atoms with van der Waals surface area (Å²) >= 11 is 1.42. The van der Waals surface area contributed by atoms with Gasteiger partial charge in [0.25, 0.3) is 0 Å². The van der Waals surface area contributed by atoms with E-state index < -0.39 is 23.8 Å². The molecule has 7 nitrogen and oxygen atoms in total. The number of aliphatic hydroxyl groups is 1. The Bertz CT molecular complexity index is 876. The molecule has 1 saturated heterocycles. The number of nitrogens with zero attached hydrogens (tertiary/aromatic N) is 2. The molecule has 1 fully saturated rings. The second-order valence-corrected chi connectivity index (χ2v) is 9.12. The number of β-amino-alcohol motifs (C(OH)–C–C–N with tert-alkyl or cyclic N) is 1. The smallest absolute Gasteiger partial charge is 0.411 e. The molecule has 1 aromatic heterocycles. The Morgan fingerprint density at radius 3 is 2.62 bits per heavy atom. The first kappa shape index (κ1) is 21.3. The average Bonchev–Trinajstić information content (AvgIpc) is 3.24. The minimum Gasteiger partial charge on any atom is -0.444 e. The third kappa shape index (κ3) is 5.13. The molecule has 29 heavy (non-hydrogen) atoms. The lowest BCUT2D eigenvalue weighted by atomic mass is 10.1. The molecule has 0 aliphatic carbocycles. The number of likely N-dealkylation sites (tertiary alicyclic amines) is 1. The van der Waals surface area contributed by atoms with Crippen LogP contribution in [0.2, 0.25) is 0 Å². The maximum Gasteiger partial charge on any atom is 0.411 e. The molecule has 3 rings (SSSR count). The molecule has 2 heterocycles. The molecule has 1 aliphatic heterocycles. The van der Waals surface area contributed by atoms with Crippen LogP contribution in [0.3, 0.4) is 0 Å². The van der Waals surface area contributed by atoms with E-state index in [1.54, 1.807) is 20.8 Å². The highest BCUT2D eigenvalue weighted by molar-refractivity contribution is 7.16. The molecule has 0 spiro atoms. The van der Waals surface area contributed by atoms with Crippen LogP contribution in [-0.2, 0) is 16.0 Å². The van der Waals surface area contributed by atoms with Gasteiger partial charge in [0, 0.05) is 16.9 Å². The Balaban J connectivity index is 1.77. The molecule has 8 heteroatoms. The number of aliphatic hydroxyl groups excluding tert-OH is 1. The van der Waals surface area contributed by atoms with Crippen LogP contribution in [0.5, 0.6) is 0 Å². The van der Waals surface area contributed by atoms with Gasteiger partial charge in [0.2, 0.25) is 5.91 Å². The summed E-state index contributed by atoms with van der Waals surface area (Å²) in [5.41, 5.74) is 1.17. The SMILES string of the molecule is CCc1sc(NC(=O)[C@@H]2C[C@@H](O)CN2C(=O)OC(C)(C)C)nc1-c1ccccc1. The van der Waals surface area contributed by atoms with E-state index in [0.717, 1.165) is 22.6 Å². The number of nitrogens with one attached hydrogen (secondary N) is 1. The number of aryl methyl sites for hydroxylation is 1. The molecular weight excluding hydrogens is 390 g/mol. The minimum atomic E-state index is -0.797. The number of aromatic nitrogens is 1. The predicted molar refractivity (Wildman–Crippen MR) is 113 cm³/mol. The fraction of sp³-hybridized carbons (Fsp3) is 0.476. The summed E-state index contributed by atoms with van der Waals surface area (Å²) in [6.45, 7) is 7.40. The van der Waals surface area contributed by atoms with Gasteiger partial charge in [0.05, 0.1) is 18.3 Å². The lowest BCUT2D eigenvalue weighted by Gasteiger charge is -2.27. The first-order valence-electron chi connectivity index (χ1n) is 9.71. The number of hydrogen-bond acceptors (Lipinski definition) is 6. The average molecular weight is 418 g/mol. The zero-order valence-corrected chi connectivity index (χ0v) is 18.0. The van der Waals surface area contributed by atoms with Gasteiger partial charge in [-0.3, -0.25) is 9.69 Å². The van der Waals surface area contributed by atoms with Gasteiger partial charge < -0.3 is 15.2 Å². The lowest BCUT2D eigenvalue weighted by molar-refractivity contribution is -0.120. The quantitative estimate of drug-likeness (QED) is 0.792. The summed E-state index contributed by atoms with van der Waals surface area (Å²) in [5.74, 6) is -0.372. The van der Waals surface area contributed by atoms with E-state index in [4.69, 9.17) is 4.74 Å². The van der Waals surface area contributed by atoms with Crippen molar-refractivity contribution in [2.45, 2.75) is 58.3 Å². The van der Waals surface area contributed by atoms with Crippen LogP contribution in [0.25, 0.3) is 11.3 Å². The molecule has 2 aromatic rings. The van der Waals surface area contributed by atoms with E-state index in [0.29, 0.717) is 5.13 Å². The first-order chi connectivity index (χ1) is 13.7. The largest absolute Gasteiger partial charge is 0.444 e. The van der Waals surface area contributed by atoms with Crippen LogP contribution in [0.1, 0.15) is 39.0 Å². The highest BCUT2D eigenvalue weighted by Crippen LogP contribution is 2.32. The number of carbonyl (C=O) groups excluding carboxylic acids is 2. The monoisotopic (exact) mass is 417 g/mol. The highest BCUT2D eigenvalue weighted by atomic mass is 32.1. The number of carbonyl (C=O) groups is 2. The Labute approximate surface area is 174 Å². The van der Waals surface area contributed by atoms with Gasteiger partial charge in [-0.15, -0.1) is 11.3 Å².